The quantitative estimate of drug-likeness (QED) is 0.500. The largest absolute Gasteiger partial charge is 0.449 e. The van der Waals surface area contributed by atoms with E-state index in [1.54, 1.807) is 6.07 Å². The number of esters is 1. The van der Waals surface area contributed by atoms with Gasteiger partial charge in [-0.05, 0) is 31.9 Å². The number of nitrogens with two attached hydrogens (primary N) is 1. The molecule has 1 heterocycles. The van der Waals surface area contributed by atoms with Crippen LogP contribution in [0.15, 0.2) is 18.2 Å². The number of nitro benzene ring substituents is 1. The number of carbonyl (C=O) groups is 2. The number of primary amides is 1. The molecular formula is C16H21N3O5. The number of anilines is 1. The predicted octanol–water partition coefficient (Wildman–Crippen LogP) is 2.01. The molecule has 0 saturated carbocycles. The van der Waals surface area contributed by atoms with Crippen molar-refractivity contribution in [3.8, 4) is 0 Å². The monoisotopic (exact) mass is 335 g/mol. The molecule has 8 heteroatoms. The first-order valence-corrected chi connectivity index (χ1v) is 7.94. The van der Waals surface area contributed by atoms with Crippen molar-refractivity contribution in [1.82, 2.24) is 0 Å². The molecule has 1 aliphatic heterocycles. The summed E-state index contributed by atoms with van der Waals surface area (Å²) in [6.07, 6.45) is 3.09. The molecule has 0 aliphatic carbocycles. The average molecular weight is 335 g/mol. The Bertz CT molecular complexity index is 639. The molecule has 0 spiro atoms. The molecule has 130 valence electrons. The van der Waals surface area contributed by atoms with Crippen LogP contribution in [-0.2, 0) is 9.53 Å². The van der Waals surface area contributed by atoms with E-state index in [4.69, 9.17) is 10.5 Å². The number of hydrogen-bond donors (Lipinski definition) is 1. The van der Waals surface area contributed by atoms with E-state index in [1.807, 2.05) is 4.90 Å². The topological polar surface area (TPSA) is 116 Å². The fourth-order valence-electron chi connectivity index (χ4n) is 2.66. The summed E-state index contributed by atoms with van der Waals surface area (Å²) in [6, 6.07) is 4.23. The Kier molecular flexibility index (Phi) is 5.73. The van der Waals surface area contributed by atoms with Crippen molar-refractivity contribution >= 4 is 23.3 Å². The number of carbonyl (C=O) groups excluding carboxylic acids is 2. The van der Waals surface area contributed by atoms with E-state index in [2.05, 4.69) is 0 Å². The lowest BCUT2D eigenvalue weighted by Gasteiger charge is -2.22. The number of benzene rings is 1. The summed E-state index contributed by atoms with van der Waals surface area (Å²) in [6.45, 7) is 2.85. The van der Waals surface area contributed by atoms with Gasteiger partial charge in [0.2, 0.25) is 0 Å². The molecule has 0 aromatic heterocycles. The summed E-state index contributed by atoms with van der Waals surface area (Å²) in [4.78, 5) is 35.9. The minimum atomic E-state index is -1.10. The van der Waals surface area contributed by atoms with Gasteiger partial charge in [0.1, 0.15) is 5.69 Å². The first-order chi connectivity index (χ1) is 11.4. The van der Waals surface area contributed by atoms with Gasteiger partial charge in [0.25, 0.3) is 11.6 Å². The normalized spacial score (nSPS) is 16.1. The van der Waals surface area contributed by atoms with Crippen molar-refractivity contribution in [2.45, 2.75) is 38.7 Å². The Labute approximate surface area is 139 Å². The van der Waals surface area contributed by atoms with Crippen LogP contribution < -0.4 is 10.6 Å². The zero-order valence-corrected chi connectivity index (χ0v) is 13.6. The first-order valence-electron chi connectivity index (χ1n) is 7.94. The predicted molar refractivity (Wildman–Crippen MR) is 87.8 cm³/mol. The van der Waals surface area contributed by atoms with Crippen LogP contribution in [0.1, 0.15) is 43.0 Å². The van der Waals surface area contributed by atoms with Crippen LogP contribution in [0.5, 0.6) is 0 Å². The maximum absolute atomic E-state index is 12.0. The lowest BCUT2D eigenvalue weighted by atomic mass is 10.1. The summed E-state index contributed by atoms with van der Waals surface area (Å²) in [5.41, 5.74) is 5.43. The van der Waals surface area contributed by atoms with Crippen LogP contribution in [0.2, 0.25) is 0 Å². The van der Waals surface area contributed by atoms with Crippen molar-refractivity contribution < 1.29 is 19.2 Å². The van der Waals surface area contributed by atoms with Crippen LogP contribution in [0.4, 0.5) is 11.4 Å². The number of hydrogen-bond acceptors (Lipinski definition) is 6. The minimum Gasteiger partial charge on any atom is -0.449 e. The molecular weight excluding hydrogens is 314 g/mol. The Hall–Kier alpha value is -2.64. The third kappa shape index (κ3) is 4.21. The highest BCUT2D eigenvalue weighted by Gasteiger charge is 2.24. The smallest absolute Gasteiger partial charge is 0.339 e. The molecule has 0 unspecified atom stereocenters. The molecule has 2 N–H and O–H groups in total. The van der Waals surface area contributed by atoms with Crippen LogP contribution in [0.25, 0.3) is 0 Å². The molecule has 1 saturated heterocycles. The van der Waals surface area contributed by atoms with Gasteiger partial charge in [-0.15, -0.1) is 0 Å². The third-order valence-corrected chi connectivity index (χ3v) is 4.04. The lowest BCUT2D eigenvalue weighted by Crippen LogP contribution is -2.30. The molecule has 1 atom stereocenters. The van der Waals surface area contributed by atoms with E-state index < -0.39 is 22.9 Å². The molecule has 1 aromatic carbocycles. The zero-order valence-electron chi connectivity index (χ0n) is 13.6. The minimum absolute atomic E-state index is 0.0216. The molecule has 8 nitrogen and oxygen atoms in total. The molecule has 1 amide bonds. The number of nitrogens with zero attached hydrogens (tertiary/aromatic N) is 2. The average Bonchev–Trinajstić information content (AvgIpc) is 2.83. The van der Waals surface area contributed by atoms with Crippen molar-refractivity contribution in [2.24, 2.45) is 5.73 Å². The molecule has 1 fully saturated rings. The second-order valence-electron chi connectivity index (χ2n) is 5.81. The van der Waals surface area contributed by atoms with E-state index in [-0.39, 0.29) is 11.3 Å². The first kappa shape index (κ1) is 17.7. The van der Waals surface area contributed by atoms with Gasteiger partial charge < -0.3 is 15.4 Å². The zero-order chi connectivity index (χ0) is 17.7. The number of nitro groups is 1. The van der Waals surface area contributed by atoms with Gasteiger partial charge in [0.15, 0.2) is 6.10 Å². The Balaban J connectivity index is 2.27. The van der Waals surface area contributed by atoms with Gasteiger partial charge in [-0.2, -0.15) is 0 Å². The second-order valence-corrected chi connectivity index (χ2v) is 5.81. The van der Waals surface area contributed by atoms with Crippen LogP contribution in [-0.4, -0.2) is 36.0 Å². The molecule has 0 bridgehead atoms. The van der Waals surface area contributed by atoms with Crippen molar-refractivity contribution in [3.63, 3.8) is 0 Å². The standard InChI is InChI=1S/C16H21N3O5/c1-11(15(17)20)24-16(21)12-6-7-13(14(10-12)19(22)23)18-8-4-2-3-5-9-18/h6-7,10-11H,2-5,8-9H2,1H3,(H2,17,20)/t11-/m0/s1. The molecule has 24 heavy (non-hydrogen) atoms. The Morgan fingerprint density at radius 1 is 1.25 bits per heavy atom. The van der Waals surface area contributed by atoms with Crippen molar-refractivity contribution in [1.29, 1.82) is 0 Å². The molecule has 1 aliphatic rings. The highest BCUT2D eigenvalue weighted by atomic mass is 16.6. The van der Waals surface area contributed by atoms with E-state index in [0.29, 0.717) is 5.69 Å². The van der Waals surface area contributed by atoms with Crippen LogP contribution in [0, 0.1) is 10.1 Å². The maximum Gasteiger partial charge on any atom is 0.339 e. The van der Waals surface area contributed by atoms with E-state index in [0.717, 1.165) is 38.8 Å². The highest BCUT2D eigenvalue weighted by molar-refractivity contribution is 5.93. The van der Waals surface area contributed by atoms with Gasteiger partial charge in [0.05, 0.1) is 10.5 Å². The highest BCUT2D eigenvalue weighted by Crippen LogP contribution is 2.31. The van der Waals surface area contributed by atoms with Crippen LogP contribution >= 0.6 is 0 Å². The Morgan fingerprint density at radius 2 is 1.88 bits per heavy atom. The van der Waals surface area contributed by atoms with Crippen LogP contribution in [0.3, 0.4) is 0 Å². The van der Waals surface area contributed by atoms with Crippen molar-refractivity contribution in [2.75, 3.05) is 18.0 Å². The number of rotatable bonds is 5. The fourth-order valence-corrected chi connectivity index (χ4v) is 2.66. The van der Waals surface area contributed by atoms with Gasteiger partial charge in [-0.1, -0.05) is 12.8 Å². The van der Waals surface area contributed by atoms with E-state index in [9.17, 15) is 19.7 Å². The van der Waals surface area contributed by atoms with Crippen molar-refractivity contribution in [3.05, 3.63) is 33.9 Å². The summed E-state index contributed by atoms with van der Waals surface area (Å²) in [5.74, 6) is -1.59. The van der Waals surface area contributed by atoms with E-state index >= 15 is 0 Å². The summed E-state index contributed by atoms with van der Waals surface area (Å²) < 4.78 is 4.89. The number of amides is 1. The molecule has 1 aromatic rings. The summed E-state index contributed by atoms with van der Waals surface area (Å²) >= 11 is 0. The van der Waals surface area contributed by atoms with Gasteiger partial charge >= 0.3 is 5.97 Å². The summed E-state index contributed by atoms with van der Waals surface area (Å²) in [5, 5.41) is 11.4. The lowest BCUT2D eigenvalue weighted by molar-refractivity contribution is -0.384. The summed E-state index contributed by atoms with van der Waals surface area (Å²) in [7, 11) is 0. The third-order valence-electron chi connectivity index (χ3n) is 4.04. The Morgan fingerprint density at radius 3 is 2.42 bits per heavy atom. The second kappa shape index (κ2) is 7.76. The number of ether oxygens (including phenoxy) is 1. The maximum atomic E-state index is 12.0. The van der Waals surface area contributed by atoms with Gasteiger partial charge in [0, 0.05) is 19.2 Å². The van der Waals surface area contributed by atoms with E-state index in [1.165, 1.54) is 19.1 Å². The molecule has 2 rings (SSSR count). The van der Waals surface area contributed by atoms with Gasteiger partial charge in [-0.3, -0.25) is 14.9 Å². The molecule has 0 radical (unpaired) electrons. The SMILES string of the molecule is C[C@H](OC(=O)c1ccc(N2CCCCCC2)c([N+](=O)[O-])c1)C(N)=O. The van der Waals surface area contributed by atoms with Gasteiger partial charge in [-0.25, -0.2) is 4.79 Å². The fraction of sp³-hybridized carbons (Fsp3) is 0.500.